The highest BCUT2D eigenvalue weighted by molar-refractivity contribution is 5.70. The van der Waals surface area contributed by atoms with Crippen LogP contribution in [0.2, 0.25) is 0 Å². The van der Waals surface area contributed by atoms with Crippen LogP contribution < -0.4 is 0 Å². The van der Waals surface area contributed by atoms with E-state index in [1.165, 1.54) is 77.0 Å². The third kappa shape index (κ3) is 36.6. The Bertz CT molecular complexity index is 832. The molecule has 1 atom stereocenters. The molecule has 0 amide bonds. The Morgan fingerprint density at radius 2 is 0.604 bits per heavy atom. The van der Waals surface area contributed by atoms with Gasteiger partial charge in [0.25, 0.3) is 0 Å². The lowest BCUT2D eigenvalue weighted by Crippen LogP contribution is -2.24. The number of aliphatic hydroxyl groups excluding tert-OH is 1. The van der Waals surface area contributed by atoms with E-state index in [0.717, 1.165) is 70.6 Å². The van der Waals surface area contributed by atoms with Gasteiger partial charge < -0.3 is 24.1 Å². The SMILES string of the molecule is CCCCCCCCCCCCCCCC(=O)OCC(CO)COC(=O)CCCCC(COC(=O)CCCCCCC)COC(=O)CCCCCCC. The molecule has 0 rings (SSSR count). The van der Waals surface area contributed by atoms with Gasteiger partial charge in [-0.15, -0.1) is 0 Å². The van der Waals surface area contributed by atoms with E-state index in [2.05, 4.69) is 20.8 Å². The number of ether oxygens (including phenoxy) is 4. The average molecular weight is 755 g/mol. The third-order valence-electron chi connectivity index (χ3n) is 9.87. The van der Waals surface area contributed by atoms with Crippen molar-refractivity contribution in [2.75, 3.05) is 33.0 Å². The fourth-order valence-electron chi connectivity index (χ4n) is 6.24. The van der Waals surface area contributed by atoms with Crippen LogP contribution in [0.3, 0.4) is 0 Å². The van der Waals surface area contributed by atoms with Crippen LogP contribution >= 0.6 is 0 Å². The van der Waals surface area contributed by atoms with E-state index in [4.69, 9.17) is 18.9 Å². The maximum atomic E-state index is 12.4. The molecule has 0 fully saturated rings. The first-order chi connectivity index (χ1) is 25.9. The van der Waals surface area contributed by atoms with Crippen molar-refractivity contribution >= 4 is 23.9 Å². The zero-order valence-electron chi connectivity index (χ0n) is 34.6. The first-order valence-corrected chi connectivity index (χ1v) is 22.1. The van der Waals surface area contributed by atoms with Crippen molar-refractivity contribution in [2.24, 2.45) is 11.8 Å². The van der Waals surface area contributed by atoms with E-state index in [1.807, 2.05) is 0 Å². The number of hydrogen-bond acceptors (Lipinski definition) is 9. The van der Waals surface area contributed by atoms with E-state index in [-0.39, 0.29) is 69.3 Å². The number of carbonyl (C=O) groups excluding carboxylic acids is 4. The second-order valence-electron chi connectivity index (χ2n) is 15.2. The molecule has 53 heavy (non-hydrogen) atoms. The number of hydrogen-bond donors (Lipinski definition) is 1. The second kappa shape index (κ2) is 39.5. The van der Waals surface area contributed by atoms with Crippen molar-refractivity contribution in [3.8, 4) is 0 Å². The topological polar surface area (TPSA) is 125 Å². The smallest absolute Gasteiger partial charge is 0.305 e. The minimum Gasteiger partial charge on any atom is -0.465 e. The van der Waals surface area contributed by atoms with Gasteiger partial charge in [-0.05, 0) is 32.1 Å². The van der Waals surface area contributed by atoms with Crippen LogP contribution in [0.4, 0.5) is 0 Å². The van der Waals surface area contributed by atoms with E-state index in [0.29, 0.717) is 38.5 Å². The maximum Gasteiger partial charge on any atom is 0.305 e. The highest BCUT2D eigenvalue weighted by atomic mass is 16.6. The van der Waals surface area contributed by atoms with Crippen LogP contribution in [-0.2, 0) is 38.1 Å². The minimum absolute atomic E-state index is 0.00717. The van der Waals surface area contributed by atoms with Gasteiger partial charge in [-0.25, -0.2) is 0 Å². The highest BCUT2D eigenvalue weighted by Gasteiger charge is 2.17. The summed E-state index contributed by atoms with van der Waals surface area (Å²) >= 11 is 0. The Morgan fingerprint density at radius 1 is 0.358 bits per heavy atom. The normalized spacial score (nSPS) is 11.8. The van der Waals surface area contributed by atoms with E-state index in [9.17, 15) is 24.3 Å². The fourth-order valence-corrected chi connectivity index (χ4v) is 6.24. The van der Waals surface area contributed by atoms with Gasteiger partial charge in [-0.3, -0.25) is 19.2 Å². The summed E-state index contributed by atoms with van der Waals surface area (Å²) < 4.78 is 21.8. The molecule has 0 radical (unpaired) electrons. The lowest BCUT2D eigenvalue weighted by atomic mass is 10.0. The molecule has 0 bridgehead atoms. The van der Waals surface area contributed by atoms with Crippen LogP contribution in [0.15, 0.2) is 0 Å². The zero-order valence-corrected chi connectivity index (χ0v) is 34.6. The Morgan fingerprint density at radius 3 is 0.887 bits per heavy atom. The van der Waals surface area contributed by atoms with Gasteiger partial charge in [0.1, 0.15) is 0 Å². The summed E-state index contributed by atoms with van der Waals surface area (Å²) in [7, 11) is 0. The Balaban J connectivity index is 4.25. The second-order valence-corrected chi connectivity index (χ2v) is 15.2. The highest BCUT2D eigenvalue weighted by Crippen LogP contribution is 2.16. The van der Waals surface area contributed by atoms with Gasteiger partial charge in [-0.1, -0.05) is 156 Å². The predicted octanol–water partition coefficient (Wildman–Crippen LogP) is 11.1. The molecule has 1 N–H and O–H groups in total. The first kappa shape index (κ1) is 50.8. The largest absolute Gasteiger partial charge is 0.465 e. The Hall–Kier alpha value is -2.16. The third-order valence-corrected chi connectivity index (χ3v) is 9.87. The van der Waals surface area contributed by atoms with Crippen molar-refractivity contribution in [2.45, 2.75) is 213 Å². The lowest BCUT2D eigenvalue weighted by Gasteiger charge is -2.17. The molecule has 0 aliphatic carbocycles. The summed E-state index contributed by atoms with van der Waals surface area (Å²) in [4.78, 5) is 49.2. The summed E-state index contributed by atoms with van der Waals surface area (Å²) in [6.07, 6.45) is 30.0. The minimum atomic E-state index is -0.457. The molecule has 0 spiro atoms. The van der Waals surface area contributed by atoms with Crippen molar-refractivity contribution in [1.82, 2.24) is 0 Å². The summed E-state index contributed by atoms with van der Waals surface area (Å²) in [6, 6.07) is 0. The molecule has 0 aromatic rings. The number of esters is 4. The van der Waals surface area contributed by atoms with Gasteiger partial charge in [0, 0.05) is 31.6 Å². The quantitative estimate of drug-likeness (QED) is 0.0369. The molecule has 0 aromatic carbocycles. The molecule has 9 heteroatoms. The molecule has 0 saturated carbocycles. The van der Waals surface area contributed by atoms with Crippen molar-refractivity contribution in [3.63, 3.8) is 0 Å². The first-order valence-electron chi connectivity index (χ1n) is 22.1. The van der Waals surface area contributed by atoms with E-state index in [1.54, 1.807) is 0 Å². The Labute approximate surface area is 324 Å². The maximum absolute atomic E-state index is 12.4. The fraction of sp³-hybridized carbons (Fsp3) is 0.909. The van der Waals surface area contributed by atoms with Gasteiger partial charge in [0.05, 0.1) is 39.0 Å². The molecule has 1 unspecified atom stereocenters. The average Bonchev–Trinajstić information content (AvgIpc) is 3.15. The van der Waals surface area contributed by atoms with Gasteiger partial charge in [-0.2, -0.15) is 0 Å². The van der Waals surface area contributed by atoms with Crippen LogP contribution in [0.25, 0.3) is 0 Å². The molecule has 9 nitrogen and oxygen atoms in total. The van der Waals surface area contributed by atoms with Crippen LogP contribution in [0.1, 0.15) is 213 Å². The van der Waals surface area contributed by atoms with Gasteiger partial charge in [0.2, 0.25) is 0 Å². The van der Waals surface area contributed by atoms with Crippen molar-refractivity contribution < 1.29 is 43.2 Å². The summed E-state index contributed by atoms with van der Waals surface area (Å²) in [5.74, 6) is -1.68. The summed E-state index contributed by atoms with van der Waals surface area (Å²) in [6.45, 7) is 6.73. The molecular weight excluding hydrogens is 672 g/mol. The lowest BCUT2D eigenvalue weighted by molar-refractivity contribution is -0.151. The van der Waals surface area contributed by atoms with Crippen molar-refractivity contribution in [3.05, 3.63) is 0 Å². The number of aliphatic hydroxyl groups is 1. The molecule has 0 aromatic heterocycles. The van der Waals surface area contributed by atoms with Crippen LogP contribution in [-0.4, -0.2) is 62.0 Å². The van der Waals surface area contributed by atoms with E-state index < -0.39 is 5.92 Å². The zero-order chi connectivity index (χ0) is 39.0. The molecule has 0 aliphatic heterocycles. The molecule has 0 saturated heterocycles. The monoisotopic (exact) mass is 755 g/mol. The molecule has 0 aliphatic rings. The molecule has 0 heterocycles. The van der Waals surface area contributed by atoms with Crippen LogP contribution in [0, 0.1) is 11.8 Å². The van der Waals surface area contributed by atoms with E-state index >= 15 is 0 Å². The number of unbranched alkanes of at least 4 members (excludes halogenated alkanes) is 21. The molecular formula is C44H82O9. The summed E-state index contributed by atoms with van der Waals surface area (Å²) in [5, 5.41) is 9.71. The number of carbonyl (C=O) groups is 4. The number of rotatable bonds is 40. The van der Waals surface area contributed by atoms with Gasteiger partial charge in [0.15, 0.2) is 0 Å². The van der Waals surface area contributed by atoms with Gasteiger partial charge >= 0.3 is 23.9 Å². The predicted molar refractivity (Wildman–Crippen MR) is 213 cm³/mol. The van der Waals surface area contributed by atoms with Crippen molar-refractivity contribution in [1.29, 1.82) is 0 Å². The van der Waals surface area contributed by atoms with Crippen LogP contribution in [0.5, 0.6) is 0 Å². The standard InChI is InChI=1S/C44H82O9/c1-4-7-10-13-14-15-16-17-18-19-20-23-26-32-43(48)52-37-40(34-45)38-53-44(49)33-28-27-29-39(35-50-41(46)30-24-21-11-8-5-2)36-51-42(47)31-25-22-12-9-6-3/h39-40,45H,4-38H2,1-3H3. The Kier molecular flexibility index (Phi) is 37.9. The molecule has 312 valence electrons. The summed E-state index contributed by atoms with van der Waals surface area (Å²) in [5.41, 5.74) is 0.